The number of carboxylic acids is 1. The Morgan fingerprint density at radius 2 is 2.21 bits per heavy atom. The summed E-state index contributed by atoms with van der Waals surface area (Å²) in [6.45, 7) is 3.85. The molecule has 2 rings (SSSR count). The van der Waals surface area contributed by atoms with Crippen molar-refractivity contribution in [2.45, 2.75) is 45.6 Å². The number of carbonyl (C=O) groups is 2. The summed E-state index contributed by atoms with van der Waals surface area (Å²) in [5.41, 5.74) is 0.117. The second-order valence-electron chi connectivity index (χ2n) is 6.46. The monoisotopic (exact) mass is 285 g/mol. The first kappa shape index (κ1) is 14.7. The van der Waals surface area contributed by atoms with Gasteiger partial charge in [0.05, 0.1) is 0 Å². The number of carboxylic acid groups (broad SMARTS) is 1. The molecular weight excluding hydrogens is 262 g/mol. The summed E-state index contributed by atoms with van der Waals surface area (Å²) in [5.74, 6) is -0.0694. The number of hydrogen-bond acceptors (Lipinski definition) is 3. The first-order chi connectivity index (χ1) is 8.87. The number of hydrogen-bond donors (Lipinski definition) is 2. The molecule has 2 bridgehead atoms. The average Bonchev–Trinajstić information content (AvgIpc) is 2.88. The predicted molar refractivity (Wildman–Crippen MR) is 76.2 cm³/mol. The van der Waals surface area contributed by atoms with E-state index in [-0.39, 0.29) is 29.8 Å². The number of thiol groups is 1. The lowest BCUT2D eigenvalue weighted by Gasteiger charge is -2.40. The van der Waals surface area contributed by atoms with Crippen LogP contribution in [0.5, 0.6) is 0 Å². The third-order valence-electron chi connectivity index (χ3n) is 4.90. The molecule has 4 unspecified atom stereocenters. The number of amides is 1. The fourth-order valence-electron chi connectivity index (χ4n) is 3.85. The van der Waals surface area contributed by atoms with Crippen molar-refractivity contribution in [3.05, 3.63) is 0 Å². The second kappa shape index (κ2) is 5.35. The summed E-state index contributed by atoms with van der Waals surface area (Å²) in [7, 11) is 0. The maximum atomic E-state index is 12.4. The fourth-order valence-corrected chi connectivity index (χ4v) is 4.01. The van der Waals surface area contributed by atoms with Crippen LogP contribution in [-0.2, 0) is 9.59 Å². The van der Waals surface area contributed by atoms with Crippen LogP contribution >= 0.6 is 12.6 Å². The SMILES string of the molecule is CC(CS)C(=O)N(CC(=O)O)C1CC2CCC1(C)C2. The van der Waals surface area contributed by atoms with E-state index in [2.05, 4.69) is 19.6 Å². The molecule has 2 fully saturated rings. The Kier molecular flexibility index (Phi) is 4.14. The van der Waals surface area contributed by atoms with Gasteiger partial charge in [0.1, 0.15) is 6.54 Å². The van der Waals surface area contributed by atoms with Gasteiger partial charge < -0.3 is 10.0 Å². The van der Waals surface area contributed by atoms with E-state index in [1.54, 1.807) is 4.90 Å². The zero-order chi connectivity index (χ0) is 14.2. The molecule has 2 aliphatic rings. The van der Waals surface area contributed by atoms with Crippen molar-refractivity contribution in [3.8, 4) is 0 Å². The van der Waals surface area contributed by atoms with E-state index in [0.29, 0.717) is 11.7 Å². The molecule has 1 amide bonds. The minimum absolute atomic E-state index is 0.0591. The van der Waals surface area contributed by atoms with Crippen LogP contribution in [0.4, 0.5) is 0 Å². The summed E-state index contributed by atoms with van der Waals surface area (Å²) in [6.07, 6.45) is 4.44. The number of aliphatic carboxylic acids is 1. The van der Waals surface area contributed by atoms with Gasteiger partial charge in [0.2, 0.25) is 5.91 Å². The van der Waals surface area contributed by atoms with E-state index >= 15 is 0 Å². The van der Waals surface area contributed by atoms with Crippen molar-refractivity contribution in [1.82, 2.24) is 4.90 Å². The molecule has 5 heteroatoms. The Labute approximate surface area is 120 Å². The number of nitrogens with zero attached hydrogens (tertiary/aromatic N) is 1. The van der Waals surface area contributed by atoms with Crippen molar-refractivity contribution < 1.29 is 14.7 Å². The lowest BCUT2D eigenvalue weighted by molar-refractivity contribution is -0.149. The van der Waals surface area contributed by atoms with E-state index in [4.69, 9.17) is 5.11 Å². The van der Waals surface area contributed by atoms with Gasteiger partial charge in [-0.25, -0.2) is 0 Å². The van der Waals surface area contributed by atoms with Crippen molar-refractivity contribution in [1.29, 1.82) is 0 Å². The van der Waals surface area contributed by atoms with Gasteiger partial charge in [0.25, 0.3) is 0 Å². The molecule has 0 aromatic rings. The molecule has 108 valence electrons. The number of carbonyl (C=O) groups excluding carboxylic acids is 1. The van der Waals surface area contributed by atoms with Gasteiger partial charge in [0.15, 0.2) is 0 Å². The van der Waals surface area contributed by atoms with E-state index < -0.39 is 5.97 Å². The smallest absolute Gasteiger partial charge is 0.323 e. The van der Waals surface area contributed by atoms with Crippen LogP contribution < -0.4 is 0 Å². The number of rotatable bonds is 5. The summed E-state index contributed by atoms with van der Waals surface area (Å²) >= 11 is 4.16. The Bertz CT molecular complexity index is 387. The topological polar surface area (TPSA) is 57.6 Å². The van der Waals surface area contributed by atoms with Gasteiger partial charge in [-0.15, -0.1) is 0 Å². The van der Waals surface area contributed by atoms with Gasteiger partial charge in [-0.2, -0.15) is 12.6 Å². The second-order valence-corrected chi connectivity index (χ2v) is 6.82. The summed E-state index contributed by atoms with van der Waals surface area (Å²) in [5, 5.41) is 9.09. The van der Waals surface area contributed by atoms with Gasteiger partial charge >= 0.3 is 5.97 Å². The standard InChI is InChI=1S/C14H23NO3S/c1-9(8-19)13(18)15(7-12(16)17)11-5-10-3-4-14(11,2)6-10/h9-11,19H,3-8H2,1-2H3,(H,16,17). The highest BCUT2D eigenvalue weighted by atomic mass is 32.1. The minimum atomic E-state index is -0.925. The Balaban J connectivity index is 2.18. The van der Waals surface area contributed by atoms with Gasteiger partial charge in [-0.3, -0.25) is 9.59 Å². The third kappa shape index (κ3) is 2.76. The van der Waals surface area contributed by atoms with E-state index in [1.807, 2.05) is 6.92 Å². The van der Waals surface area contributed by atoms with Crippen molar-refractivity contribution in [3.63, 3.8) is 0 Å². The molecule has 19 heavy (non-hydrogen) atoms. The fraction of sp³-hybridized carbons (Fsp3) is 0.857. The first-order valence-electron chi connectivity index (χ1n) is 7.00. The average molecular weight is 285 g/mol. The van der Waals surface area contributed by atoms with Crippen LogP contribution in [0.1, 0.15) is 39.5 Å². The van der Waals surface area contributed by atoms with Crippen LogP contribution in [0.3, 0.4) is 0 Å². The van der Waals surface area contributed by atoms with E-state index in [9.17, 15) is 9.59 Å². The van der Waals surface area contributed by atoms with Gasteiger partial charge in [-0.1, -0.05) is 13.8 Å². The molecule has 0 heterocycles. The minimum Gasteiger partial charge on any atom is -0.480 e. The predicted octanol–water partition coefficient (Wildman–Crippen LogP) is 2.04. The molecule has 2 saturated carbocycles. The Morgan fingerprint density at radius 1 is 1.53 bits per heavy atom. The van der Waals surface area contributed by atoms with Crippen LogP contribution in [0.15, 0.2) is 0 Å². The zero-order valence-corrected chi connectivity index (χ0v) is 12.5. The molecule has 0 aromatic heterocycles. The molecule has 0 aromatic carbocycles. The Morgan fingerprint density at radius 3 is 2.63 bits per heavy atom. The number of fused-ring (bicyclic) bond motifs is 2. The lowest BCUT2D eigenvalue weighted by atomic mass is 9.80. The molecule has 4 nitrogen and oxygen atoms in total. The molecule has 0 radical (unpaired) electrons. The van der Waals surface area contributed by atoms with Gasteiger partial charge in [0, 0.05) is 17.7 Å². The van der Waals surface area contributed by atoms with Crippen molar-refractivity contribution in [2.24, 2.45) is 17.3 Å². The highest BCUT2D eigenvalue weighted by Crippen LogP contribution is 2.55. The first-order valence-corrected chi connectivity index (χ1v) is 7.64. The molecule has 1 N–H and O–H groups in total. The lowest BCUT2D eigenvalue weighted by Crippen LogP contribution is -2.51. The highest BCUT2D eigenvalue weighted by Gasteiger charge is 2.52. The van der Waals surface area contributed by atoms with Crippen LogP contribution in [0, 0.1) is 17.3 Å². The van der Waals surface area contributed by atoms with E-state index in [0.717, 1.165) is 19.3 Å². The molecule has 0 saturated heterocycles. The zero-order valence-electron chi connectivity index (χ0n) is 11.6. The summed E-state index contributed by atoms with van der Waals surface area (Å²) in [6, 6.07) is 0.0946. The van der Waals surface area contributed by atoms with Crippen LogP contribution in [-0.4, -0.2) is 40.2 Å². The van der Waals surface area contributed by atoms with Gasteiger partial charge in [-0.05, 0) is 37.0 Å². The molecule has 0 aliphatic heterocycles. The van der Waals surface area contributed by atoms with E-state index in [1.165, 1.54) is 6.42 Å². The third-order valence-corrected chi connectivity index (χ3v) is 5.45. The van der Waals surface area contributed by atoms with Crippen molar-refractivity contribution in [2.75, 3.05) is 12.3 Å². The Hall–Kier alpha value is -0.710. The normalized spacial score (nSPS) is 34.3. The van der Waals surface area contributed by atoms with Crippen LogP contribution in [0.2, 0.25) is 0 Å². The summed E-state index contributed by atoms with van der Waals surface area (Å²) < 4.78 is 0. The summed E-state index contributed by atoms with van der Waals surface area (Å²) in [4.78, 5) is 25.1. The molecule has 4 atom stereocenters. The quantitative estimate of drug-likeness (QED) is 0.760. The molecular formula is C14H23NO3S. The maximum absolute atomic E-state index is 12.4. The highest BCUT2D eigenvalue weighted by molar-refractivity contribution is 7.80. The largest absolute Gasteiger partial charge is 0.480 e. The van der Waals surface area contributed by atoms with Crippen molar-refractivity contribution >= 4 is 24.5 Å². The molecule has 0 spiro atoms. The molecule has 2 aliphatic carbocycles. The van der Waals surface area contributed by atoms with Crippen LogP contribution in [0.25, 0.3) is 0 Å². The maximum Gasteiger partial charge on any atom is 0.323 e.